The van der Waals surface area contributed by atoms with Crippen LogP contribution in [-0.2, 0) is 0 Å². The maximum Gasteiger partial charge on any atom is 0.161 e. The number of rotatable bonds is 3. The van der Waals surface area contributed by atoms with E-state index in [1.807, 2.05) is 31.2 Å². The van der Waals surface area contributed by atoms with Crippen molar-refractivity contribution in [3.8, 4) is 0 Å². The molecule has 19 heavy (non-hydrogen) atoms. The maximum absolute atomic E-state index is 11.3. The van der Waals surface area contributed by atoms with Crippen LogP contribution in [0.15, 0.2) is 36.4 Å². The Bertz CT molecular complexity index is 638. The van der Waals surface area contributed by atoms with Crippen molar-refractivity contribution < 1.29 is 4.79 Å². The Morgan fingerprint density at radius 3 is 2.58 bits per heavy atom. The molecule has 0 saturated carbocycles. The van der Waals surface area contributed by atoms with Crippen LogP contribution in [0.4, 0.5) is 17.1 Å². The van der Waals surface area contributed by atoms with E-state index in [1.165, 1.54) is 6.92 Å². The highest BCUT2D eigenvalue weighted by molar-refractivity contribution is 6.33. The lowest BCUT2D eigenvalue weighted by atomic mass is 10.1. The van der Waals surface area contributed by atoms with Crippen molar-refractivity contribution in [2.24, 2.45) is 0 Å². The molecule has 0 fully saturated rings. The zero-order chi connectivity index (χ0) is 14.0. The number of ketones is 1. The number of nitrogens with two attached hydrogens (primary N) is 1. The summed E-state index contributed by atoms with van der Waals surface area (Å²) in [7, 11) is 0. The molecule has 0 aliphatic heterocycles. The fraction of sp³-hybridized carbons (Fsp3) is 0.133. The standard InChI is InChI=1S/C15H15ClN2O/c1-9-3-6-13(16)15(7-9)18-11-4-5-12(10(2)19)14(17)8-11/h3-8,18H,17H2,1-2H3. The highest BCUT2D eigenvalue weighted by Crippen LogP contribution is 2.28. The number of nitrogens with one attached hydrogen (secondary N) is 1. The van der Waals surface area contributed by atoms with Crippen LogP contribution in [-0.4, -0.2) is 5.78 Å². The zero-order valence-corrected chi connectivity index (χ0v) is 11.6. The molecule has 3 N–H and O–H groups in total. The van der Waals surface area contributed by atoms with Crippen molar-refractivity contribution >= 4 is 34.4 Å². The molecule has 0 saturated heterocycles. The van der Waals surface area contributed by atoms with Crippen molar-refractivity contribution in [2.45, 2.75) is 13.8 Å². The van der Waals surface area contributed by atoms with Crippen molar-refractivity contribution in [1.82, 2.24) is 0 Å². The number of carbonyl (C=O) groups excluding carboxylic acids is 1. The van der Waals surface area contributed by atoms with Crippen LogP contribution in [0.2, 0.25) is 5.02 Å². The number of hydrogen-bond donors (Lipinski definition) is 2. The Hall–Kier alpha value is -2.00. The molecule has 2 aromatic carbocycles. The van der Waals surface area contributed by atoms with Crippen molar-refractivity contribution in [3.63, 3.8) is 0 Å². The van der Waals surface area contributed by atoms with E-state index in [9.17, 15) is 4.79 Å². The SMILES string of the molecule is CC(=O)c1ccc(Nc2cc(C)ccc2Cl)cc1N. The molecule has 2 rings (SSSR count). The number of hydrogen-bond acceptors (Lipinski definition) is 3. The first kappa shape index (κ1) is 13.4. The second-order valence-corrected chi connectivity index (χ2v) is 4.87. The number of Topliss-reactive ketones (excluding diaryl/α,β-unsaturated/α-hetero) is 1. The fourth-order valence-corrected chi connectivity index (χ4v) is 2.02. The molecule has 0 heterocycles. The Balaban J connectivity index is 2.31. The summed E-state index contributed by atoms with van der Waals surface area (Å²) in [6.45, 7) is 3.49. The van der Waals surface area contributed by atoms with E-state index in [4.69, 9.17) is 17.3 Å². The summed E-state index contributed by atoms with van der Waals surface area (Å²) in [6.07, 6.45) is 0. The van der Waals surface area contributed by atoms with Gasteiger partial charge in [-0.25, -0.2) is 0 Å². The van der Waals surface area contributed by atoms with Gasteiger partial charge in [0.15, 0.2) is 5.78 Å². The van der Waals surface area contributed by atoms with Gasteiger partial charge in [0, 0.05) is 16.9 Å². The van der Waals surface area contributed by atoms with Gasteiger partial charge in [0.2, 0.25) is 0 Å². The number of aryl methyl sites for hydroxylation is 1. The van der Waals surface area contributed by atoms with E-state index in [0.29, 0.717) is 16.3 Å². The van der Waals surface area contributed by atoms with Gasteiger partial charge in [-0.2, -0.15) is 0 Å². The van der Waals surface area contributed by atoms with E-state index in [1.54, 1.807) is 12.1 Å². The molecule has 0 aliphatic carbocycles. The summed E-state index contributed by atoms with van der Waals surface area (Å²) in [5.41, 5.74) is 9.57. The monoisotopic (exact) mass is 274 g/mol. The third-order valence-corrected chi connectivity index (χ3v) is 3.16. The van der Waals surface area contributed by atoms with Crippen molar-refractivity contribution in [3.05, 3.63) is 52.5 Å². The van der Waals surface area contributed by atoms with Crippen LogP contribution >= 0.6 is 11.6 Å². The van der Waals surface area contributed by atoms with E-state index in [2.05, 4.69) is 5.32 Å². The number of halogens is 1. The third-order valence-electron chi connectivity index (χ3n) is 2.83. The zero-order valence-electron chi connectivity index (χ0n) is 10.8. The lowest BCUT2D eigenvalue weighted by Crippen LogP contribution is -2.01. The molecule has 0 radical (unpaired) electrons. The average molecular weight is 275 g/mol. The van der Waals surface area contributed by atoms with Crippen LogP contribution in [0.25, 0.3) is 0 Å². The van der Waals surface area contributed by atoms with Gasteiger partial charge in [-0.1, -0.05) is 17.7 Å². The van der Waals surface area contributed by atoms with Crippen LogP contribution in [0.5, 0.6) is 0 Å². The highest BCUT2D eigenvalue weighted by Gasteiger charge is 2.06. The molecule has 0 bridgehead atoms. The molecule has 0 spiro atoms. The molecule has 2 aromatic rings. The van der Waals surface area contributed by atoms with Crippen LogP contribution in [0, 0.1) is 6.92 Å². The number of benzene rings is 2. The molecular weight excluding hydrogens is 260 g/mol. The topological polar surface area (TPSA) is 55.1 Å². The average Bonchev–Trinajstić information content (AvgIpc) is 2.33. The molecular formula is C15H15ClN2O. The van der Waals surface area contributed by atoms with Gasteiger partial charge >= 0.3 is 0 Å². The molecule has 0 amide bonds. The predicted molar refractivity (Wildman–Crippen MR) is 80.3 cm³/mol. The summed E-state index contributed by atoms with van der Waals surface area (Å²) in [5, 5.41) is 3.84. The molecule has 3 nitrogen and oxygen atoms in total. The minimum atomic E-state index is -0.0439. The number of anilines is 3. The lowest BCUT2D eigenvalue weighted by molar-refractivity contribution is 0.101. The molecule has 0 atom stereocenters. The molecule has 0 aromatic heterocycles. The number of carbonyl (C=O) groups is 1. The molecule has 98 valence electrons. The van der Waals surface area contributed by atoms with Crippen molar-refractivity contribution in [1.29, 1.82) is 0 Å². The lowest BCUT2D eigenvalue weighted by Gasteiger charge is -2.11. The van der Waals surface area contributed by atoms with Gasteiger partial charge in [0.05, 0.1) is 10.7 Å². The van der Waals surface area contributed by atoms with Gasteiger partial charge in [0.25, 0.3) is 0 Å². The first-order valence-corrected chi connectivity index (χ1v) is 6.29. The second-order valence-electron chi connectivity index (χ2n) is 4.47. The van der Waals surface area contributed by atoms with Gasteiger partial charge in [-0.15, -0.1) is 0 Å². The van der Waals surface area contributed by atoms with E-state index >= 15 is 0 Å². The summed E-state index contributed by atoms with van der Waals surface area (Å²) in [4.78, 5) is 11.3. The third kappa shape index (κ3) is 3.06. The Kier molecular flexibility index (Phi) is 3.76. The second kappa shape index (κ2) is 5.33. The Morgan fingerprint density at radius 2 is 1.95 bits per heavy atom. The van der Waals surface area contributed by atoms with Gasteiger partial charge < -0.3 is 11.1 Å². The quantitative estimate of drug-likeness (QED) is 0.652. The number of nitrogen functional groups attached to an aromatic ring is 1. The van der Waals surface area contributed by atoms with Crippen LogP contribution in [0.3, 0.4) is 0 Å². The maximum atomic E-state index is 11.3. The smallest absolute Gasteiger partial charge is 0.161 e. The summed E-state index contributed by atoms with van der Waals surface area (Å²) < 4.78 is 0. The summed E-state index contributed by atoms with van der Waals surface area (Å²) in [5.74, 6) is -0.0439. The van der Waals surface area contributed by atoms with Crippen LogP contribution in [0.1, 0.15) is 22.8 Å². The Morgan fingerprint density at radius 1 is 1.21 bits per heavy atom. The molecule has 0 unspecified atom stereocenters. The fourth-order valence-electron chi connectivity index (χ4n) is 1.85. The van der Waals surface area contributed by atoms with Crippen LogP contribution < -0.4 is 11.1 Å². The minimum absolute atomic E-state index is 0.0439. The highest BCUT2D eigenvalue weighted by atomic mass is 35.5. The molecule has 4 heteroatoms. The summed E-state index contributed by atoms with van der Waals surface area (Å²) in [6, 6.07) is 11.0. The van der Waals surface area contributed by atoms with E-state index < -0.39 is 0 Å². The first-order valence-electron chi connectivity index (χ1n) is 5.91. The van der Waals surface area contributed by atoms with Crippen molar-refractivity contribution in [2.75, 3.05) is 11.1 Å². The first-order chi connectivity index (χ1) is 8.97. The normalized spacial score (nSPS) is 10.3. The Labute approximate surface area is 117 Å². The van der Waals surface area contributed by atoms with Gasteiger partial charge in [-0.3, -0.25) is 4.79 Å². The molecule has 0 aliphatic rings. The minimum Gasteiger partial charge on any atom is -0.398 e. The van der Waals surface area contributed by atoms with E-state index in [-0.39, 0.29) is 5.78 Å². The van der Waals surface area contributed by atoms with E-state index in [0.717, 1.165) is 16.9 Å². The van der Waals surface area contributed by atoms with Gasteiger partial charge in [0.1, 0.15) is 0 Å². The summed E-state index contributed by atoms with van der Waals surface area (Å²) >= 11 is 6.12. The van der Waals surface area contributed by atoms with Gasteiger partial charge in [-0.05, 0) is 49.7 Å². The predicted octanol–water partition coefficient (Wildman–Crippen LogP) is 4.18. The largest absolute Gasteiger partial charge is 0.398 e.